The normalized spacial score (nSPS) is 14.0. The monoisotopic (exact) mass is 1060 g/mol. The maximum absolute atomic E-state index is 14.5. The van der Waals surface area contributed by atoms with Crippen LogP contribution in [0, 0.1) is 11.8 Å². The maximum atomic E-state index is 14.5. The van der Waals surface area contributed by atoms with Gasteiger partial charge in [-0.05, 0) is 86.7 Å². The second kappa shape index (κ2) is 30.8. The van der Waals surface area contributed by atoms with Gasteiger partial charge in [-0.2, -0.15) is 0 Å². The Balaban J connectivity index is 1.52. The van der Waals surface area contributed by atoms with Gasteiger partial charge in [0.2, 0.25) is 45.5 Å². The number of unbranched alkanes of at least 4 members (excludes halogenated alkanes) is 2. The summed E-state index contributed by atoms with van der Waals surface area (Å²) >= 11 is 0. The van der Waals surface area contributed by atoms with Crippen molar-refractivity contribution in [1.29, 1.82) is 0 Å². The zero-order valence-corrected chi connectivity index (χ0v) is 45.2. The van der Waals surface area contributed by atoms with E-state index < -0.39 is 87.6 Å². The molecule has 4 aromatic carbocycles. The molecule has 0 aliphatic heterocycles. The molecule has 20 heteroatoms. The van der Waals surface area contributed by atoms with Gasteiger partial charge in [0.1, 0.15) is 30.2 Å². The molecule has 6 amide bonds. The molecule has 0 unspecified atom stereocenters. The predicted octanol–water partition coefficient (Wildman–Crippen LogP) is 2.50. The van der Waals surface area contributed by atoms with E-state index in [0.29, 0.717) is 56.1 Å². The van der Waals surface area contributed by atoms with Crippen LogP contribution < -0.4 is 58.7 Å². The first-order chi connectivity index (χ1) is 35.8. The first kappa shape index (κ1) is 61.1. The number of sulfonamides is 1. The summed E-state index contributed by atoms with van der Waals surface area (Å²) in [4.78, 5) is 86.2. The van der Waals surface area contributed by atoms with Crippen molar-refractivity contribution in [1.82, 2.24) is 36.6 Å². The number of hydrogen-bond donors (Lipinski definition) is 10. The van der Waals surface area contributed by atoms with E-state index in [-0.39, 0.29) is 49.6 Å². The molecule has 13 N–H and O–H groups in total. The maximum Gasteiger partial charge on any atom is 0.243 e. The fraction of sp³-hybridized carbons (Fsp3) is 0.491. The van der Waals surface area contributed by atoms with E-state index in [9.17, 15) is 37.2 Å². The Kier molecular flexibility index (Phi) is 25.1. The first-order valence-electron chi connectivity index (χ1n) is 26.0. The zero-order valence-electron chi connectivity index (χ0n) is 44.4. The van der Waals surface area contributed by atoms with Crippen molar-refractivity contribution in [3.63, 3.8) is 0 Å². The highest BCUT2D eigenvalue weighted by molar-refractivity contribution is 7.89. The fourth-order valence-corrected chi connectivity index (χ4v) is 9.81. The molecule has 0 spiro atoms. The molecule has 75 heavy (non-hydrogen) atoms. The van der Waals surface area contributed by atoms with E-state index in [1.165, 1.54) is 6.07 Å². The molecule has 0 aliphatic rings. The van der Waals surface area contributed by atoms with Crippen LogP contribution in [0.4, 0.5) is 5.69 Å². The van der Waals surface area contributed by atoms with Crippen molar-refractivity contribution in [3.05, 3.63) is 108 Å². The average molecular weight is 1060 g/mol. The Bertz CT molecular complexity index is 2590. The van der Waals surface area contributed by atoms with Gasteiger partial charge in [0, 0.05) is 56.5 Å². The van der Waals surface area contributed by atoms with Crippen molar-refractivity contribution < 1.29 is 37.2 Å². The highest BCUT2D eigenvalue weighted by Gasteiger charge is 2.35. The van der Waals surface area contributed by atoms with Crippen LogP contribution in [0.3, 0.4) is 0 Å². The quantitative estimate of drug-likeness (QED) is 0.0316. The van der Waals surface area contributed by atoms with Gasteiger partial charge in [-0.25, -0.2) is 13.1 Å². The van der Waals surface area contributed by atoms with Gasteiger partial charge in [-0.15, -0.1) is 0 Å². The van der Waals surface area contributed by atoms with Gasteiger partial charge in [0.05, 0.1) is 10.9 Å². The average Bonchev–Trinajstić information content (AvgIpc) is 3.38. The third-order valence-electron chi connectivity index (χ3n) is 12.7. The Morgan fingerprint density at radius 3 is 1.61 bits per heavy atom. The lowest BCUT2D eigenvalue weighted by Crippen LogP contribution is -2.61. The number of rotatable bonds is 32. The lowest BCUT2D eigenvalue weighted by atomic mass is 9.98. The minimum atomic E-state index is -4.02. The topological polar surface area (TPSA) is 302 Å². The smallest absolute Gasteiger partial charge is 0.243 e. The summed E-state index contributed by atoms with van der Waals surface area (Å²) in [6.45, 7) is 7.81. The van der Waals surface area contributed by atoms with Crippen molar-refractivity contribution in [2.24, 2.45) is 29.0 Å². The van der Waals surface area contributed by atoms with Crippen LogP contribution in [-0.4, -0.2) is 120 Å². The van der Waals surface area contributed by atoms with Crippen LogP contribution >= 0.6 is 0 Å². The fourth-order valence-electron chi connectivity index (χ4n) is 8.56. The second-order valence-electron chi connectivity index (χ2n) is 19.9. The van der Waals surface area contributed by atoms with Crippen molar-refractivity contribution >= 4 is 61.9 Å². The van der Waals surface area contributed by atoms with Crippen molar-refractivity contribution in [2.75, 3.05) is 45.2 Å². The Hall–Kier alpha value is -6.45. The van der Waals surface area contributed by atoms with Crippen LogP contribution in [0.15, 0.2) is 102 Å². The van der Waals surface area contributed by atoms with Gasteiger partial charge >= 0.3 is 0 Å². The van der Waals surface area contributed by atoms with Crippen LogP contribution in [0.25, 0.3) is 10.8 Å². The standard InChI is InChI=1S/C55H81N11O8S/c1-36(2)33-44(62-52(69)43(26-14-16-30-57)61-50(67)42(58)25-13-15-29-56)54(71)65-49(37(3)4)55(72)64-46(35-39-21-11-8-12-22-39)53(70)63-45(34-38-19-9-7-10-20-38)51(68)59-31-32-60-75(73,74)48-28-18-23-40-41(48)24-17-27-47(40)66(5)6/h7-12,17-24,27-28,36-37,42-46,49,60H,13-16,25-26,29-35,56-58H2,1-6H3,(H,59,68)(H,61,67)(H,62,69)(H,63,70)(H,64,72)(H,65,71)/t42-,43-,44-,45-,46-,49-/m0/s1. The highest BCUT2D eigenvalue weighted by Crippen LogP contribution is 2.30. The summed E-state index contributed by atoms with van der Waals surface area (Å²) in [5.74, 6) is -4.26. The van der Waals surface area contributed by atoms with Crippen molar-refractivity contribution in [3.8, 4) is 0 Å². The van der Waals surface area contributed by atoms with Crippen LogP contribution in [0.1, 0.15) is 83.8 Å². The molecule has 19 nitrogen and oxygen atoms in total. The van der Waals surface area contributed by atoms with Crippen LogP contribution in [0.2, 0.25) is 0 Å². The molecule has 410 valence electrons. The third-order valence-corrected chi connectivity index (χ3v) is 14.2. The van der Waals surface area contributed by atoms with E-state index in [1.807, 2.05) is 57.1 Å². The molecule has 0 aliphatic carbocycles. The molecule has 0 fully saturated rings. The molecule has 4 rings (SSSR count). The molecule has 0 radical (unpaired) electrons. The Morgan fingerprint density at radius 2 is 1.04 bits per heavy atom. The lowest BCUT2D eigenvalue weighted by Gasteiger charge is -2.29. The van der Waals surface area contributed by atoms with Crippen LogP contribution in [-0.2, 0) is 51.6 Å². The number of nitrogens with zero attached hydrogens (tertiary/aromatic N) is 1. The largest absolute Gasteiger partial charge is 0.377 e. The number of hydrogen-bond acceptors (Lipinski definition) is 12. The molecular weight excluding hydrogens is 975 g/mol. The molecule has 0 bridgehead atoms. The lowest BCUT2D eigenvalue weighted by molar-refractivity contribution is -0.136. The van der Waals surface area contributed by atoms with Gasteiger partial charge < -0.3 is 54.0 Å². The zero-order chi connectivity index (χ0) is 55.1. The first-order valence-corrected chi connectivity index (χ1v) is 27.5. The summed E-state index contributed by atoms with van der Waals surface area (Å²) in [6.07, 6.45) is 3.38. The van der Waals surface area contributed by atoms with E-state index in [1.54, 1.807) is 80.6 Å². The number of nitrogens with two attached hydrogens (primary N) is 3. The molecule has 0 saturated heterocycles. The summed E-state index contributed by atoms with van der Waals surface area (Å²) in [7, 11) is -0.265. The third kappa shape index (κ3) is 19.6. The number of anilines is 1. The number of nitrogens with one attached hydrogen (secondary N) is 7. The minimum absolute atomic E-state index is 0.0167. The van der Waals surface area contributed by atoms with Gasteiger partial charge in [0.25, 0.3) is 0 Å². The van der Waals surface area contributed by atoms with Gasteiger partial charge in [-0.1, -0.05) is 119 Å². The van der Waals surface area contributed by atoms with E-state index in [0.717, 1.165) is 16.6 Å². The SMILES string of the molecule is CC(C)C[C@H](NC(=O)[C@H](CCCCN)NC(=O)[C@@H](N)CCCCN)C(=O)N[C@H](C(=O)N[C@@H](Cc1ccccc1)C(=O)N[C@@H](Cc1ccccc1)C(=O)NCCNS(=O)(=O)c1cccc2c(N(C)C)cccc12)C(C)C. The summed E-state index contributed by atoms with van der Waals surface area (Å²) in [6, 6.07) is 22.0. The number of carbonyl (C=O) groups is 6. The van der Waals surface area contributed by atoms with Crippen LogP contribution in [0.5, 0.6) is 0 Å². The predicted molar refractivity (Wildman–Crippen MR) is 294 cm³/mol. The van der Waals surface area contributed by atoms with E-state index in [2.05, 4.69) is 36.6 Å². The Labute approximate surface area is 443 Å². The summed E-state index contributed by atoms with van der Waals surface area (Å²) in [5.41, 5.74) is 19.8. The number of benzene rings is 4. The molecular formula is C55H81N11O8S. The number of carbonyl (C=O) groups excluding carboxylic acids is 6. The molecule has 0 heterocycles. The molecule has 6 atom stereocenters. The van der Waals surface area contributed by atoms with E-state index in [4.69, 9.17) is 17.2 Å². The van der Waals surface area contributed by atoms with Gasteiger partial charge in [-0.3, -0.25) is 28.8 Å². The van der Waals surface area contributed by atoms with Gasteiger partial charge in [0.15, 0.2) is 0 Å². The van der Waals surface area contributed by atoms with E-state index >= 15 is 0 Å². The molecule has 4 aromatic rings. The molecule has 0 aromatic heterocycles. The highest BCUT2D eigenvalue weighted by atomic mass is 32.2. The molecule has 0 saturated carbocycles. The van der Waals surface area contributed by atoms with Crippen molar-refractivity contribution in [2.45, 2.75) is 127 Å². The summed E-state index contributed by atoms with van der Waals surface area (Å²) < 4.78 is 29.8. The second-order valence-corrected chi connectivity index (χ2v) is 21.6. The summed E-state index contributed by atoms with van der Waals surface area (Å²) in [5, 5.41) is 18.2. The Morgan fingerprint density at radius 1 is 0.533 bits per heavy atom. The number of amides is 6. The minimum Gasteiger partial charge on any atom is -0.377 e. The number of fused-ring (bicyclic) bond motifs is 1.